The number of ether oxygens (including phenoxy) is 1. The molecule has 0 fully saturated rings. The van der Waals surface area contributed by atoms with Crippen molar-refractivity contribution in [3.63, 3.8) is 0 Å². The van der Waals surface area contributed by atoms with Gasteiger partial charge in [0.15, 0.2) is 0 Å². The third-order valence-corrected chi connectivity index (χ3v) is 3.20. The molecule has 1 rings (SSSR count). The van der Waals surface area contributed by atoms with Crippen molar-refractivity contribution in [3.8, 4) is 0 Å². The van der Waals surface area contributed by atoms with Crippen molar-refractivity contribution in [1.29, 1.82) is 0 Å². The van der Waals surface area contributed by atoms with Gasteiger partial charge in [0.2, 0.25) is 0 Å². The number of nitrogens with one attached hydrogen (secondary N) is 1. The van der Waals surface area contributed by atoms with Crippen molar-refractivity contribution < 1.29 is 9.53 Å². The molecule has 20 heavy (non-hydrogen) atoms. The summed E-state index contributed by atoms with van der Waals surface area (Å²) in [5.74, 6) is 4.72. The van der Waals surface area contributed by atoms with Gasteiger partial charge in [0.05, 0.1) is 24.0 Å². The van der Waals surface area contributed by atoms with Crippen LogP contribution in [0.1, 0.15) is 62.0 Å². The first-order valence-electron chi connectivity index (χ1n) is 7.24. The summed E-state index contributed by atoms with van der Waals surface area (Å²) in [4.78, 5) is 15.4. The number of hydrazine groups is 1. The molecule has 112 valence electrons. The Kier molecular flexibility index (Phi) is 7.84. The van der Waals surface area contributed by atoms with Crippen LogP contribution in [0.3, 0.4) is 0 Å². The lowest BCUT2D eigenvalue weighted by atomic mass is 10.1. The first-order valence-corrected chi connectivity index (χ1v) is 7.24. The Morgan fingerprint density at radius 1 is 1.40 bits per heavy atom. The lowest BCUT2D eigenvalue weighted by molar-refractivity contribution is 0.0440. The van der Waals surface area contributed by atoms with E-state index in [1.807, 2.05) is 0 Å². The minimum absolute atomic E-state index is 0.237. The highest BCUT2D eigenvalue weighted by atomic mass is 16.5. The summed E-state index contributed by atoms with van der Waals surface area (Å²) >= 11 is 0. The molecule has 1 aromatic heterocycles. The molecule has 0 bridgehead atoms. The van der Waals surface area contributed by atoms with Crippen molar-refractivity contribution in [2.24, 2.45) is 5.84 Å². The van der Waals surface area contributed by atoms with E-state index in [2.05, 4.69) is 24.3 Å². The van der Waals surface area contributed by atoms with Gasteiger partial charge >= 0.3 is 0 Å². The topological polar surface area (TPSA) is 77.2 Å². The van der Waals surface area contributed by atoms with Crippen molar-refractivity contribution in [3.05, 3.63) is 29.6 Å². The number of pyridine rings is 1. The highest BCUT2D eigenvalue weighted by Gasteiger charge is 2.06. The zero-order valence-electron chi connectivity index (χ0n) is 12.4. The highest BCUT2D eigenvalue weighted by Crippen LogP contribution is 2.10. The summed E-state index contributed by atoms with van der Waals surface area (Å²) in [6, 6.07) is 3.48. The molecule has 1 amide bonds. The smallest absolute Gasteiger partial charge is 0.266 e. The highest BCUT2D eigenvalue weighted by molar-refractivity contribution is 5.93. The minimum atomic E-state index is -0.339. The molecule has 0 saturated heterocycles. The summed E-state index contributed by atoms with van der Waals surface area (Å²) in [5, 5.41) is 0. The molecular formula is C15H25N3O2. The van der Waals surface area contributed by atoms with Crippen LogP contribution in [-0.4, -0.2) is 17.0 Å². The van der Waals surface area contributed by atoms with E-state index in [0.29, 0.717) is 12.2 Å². The number of unbranched alkanes of at least 4 members (excludes halogenated alkanes) is 3. The maximum Gasteiger partial charge on any atom is 0.266 e. The molecule has 0 aliphatic heterocycles. The standard InChI is InChI=1S/C15H25N3O2/c1-3-4-5-6-7-12(2)20-11-14-9-8-13(10-17-14)15(19)18-16/h8-10,12H,3-7,11,16H2,1-2H3,(H,18,19). The molecule has 0 radical (unpaired) electrons. The van der Waals surface area contributed by atoms with E-state index in [-0.39, 0.29) is 12.0 Å². The zero-order valence-corrected chi connectivity index (χ0v) is 12.4. The molecule has 0 aliphatic rings. The molecule has 5 nitrogen and oxygen atoms in total. The van der Waals surface area contributed by atoms with Crippen LogP contribution in [0.2, 0.25) is 0 Å². The molecule has 1 aromatic rings. The van der Waals surface area contributed by atoms with Gasteiger partial charge in [-0.25, -0.2) is 5.84 Å². The van der Waals surface area contributed by atoms with Crippen LogP contribution in [0, 0.1) is 0 Å². The van der Waals surface area contributed by atoms with Gasteiger partial charge in [0, 0.05) is 6.20 Å². The van der Waals surface area contributed by atoms with Crippen LogP contribution in [0.15, 0.2) is 18.3 Å². The largest absolute Gasteiger partial charge is 0.372 e. The second-order valence-electron chi connectivity index (χ2n) is 4.98. The van der Waals surface area contributed by atoms with Crippen LogP contribution in [0.25, 0.3) is 0 Å². The number of hydrogen-bond acceptors (Lipinski definition) is 4. The number of amides is 1. The number of carbonyl (C=O) groups excluding carboxylic acids is 1. The van der Waals surface area contributed by atoms with Gasteiger partial charge in [-0.2, -0.15) is 0 Å². The van der Waals surface area contributed by atoms with Gasteiger partial charge in [0.1, 0.15) is 0 Å². The monoisotopic (exact) mass is 279 g/mol. The van der Waals surface area contributed by atoms with E-state index in [4.69, 9.17) is 10.6 Å². The quantitative estimate of drug-likeness (QED) is 0.315. The van der Waals surface area contributed by atoms with E-state index in [9.17, 15) is 4.79 Å². The number of carbonyl (C=O) groups is 1. The fourth-order valence-electron chi connectivity index (χ4n) is 1.90. The maximum absolute atomic E-state index is 11.3. The molecule has 0 saturated carbocycles. The minimum Gasteiger partial charge on any atom is -0.372 e. The van der Waals surface area contributed by atoms with E-state index < -0.39 is 0 Å². The van der Waals surface area contributed by atoms with Crippen LogP contribution in [-0.2, 0) is 11.3 Å². The fraction of sp³-hybridized carbons (Fsp3) is 0.600. The molecule has 1 unspecified atom stereocenters. The molecule has 0 aromatic carbocycles. The third kappa shape index (κ3) is 6.12. The predicted octanol–water partition coefficient (Wildman–Crippen LogP) is 2.56. The van der Waals surface area contributed by atoms with Crippen LogP contribution in [0.5, 0.6) is 0 Å². The second kappa shape index (κ2) is 9.44. The van der Waals surface area contributed by atoms with Crippen LogP contribution >= 0.6 is 0 Å². The lowest BCUT2D eigenvalue weighted by Crippen LogP contribution is -2.30. The van der Waals surface area contributed by atoms with E-state index in [1.54, 1.807) is 12.1 Å². The first-order chi connectivity index (χ1) is 9.67. The van der Waals surface area contributed by atoms with Crippen molar-refractivity contribution in [1.82, 2.24) is 10.4 Å². The van der Waals surface area contributed by atoms with E-state index in [0.717, 1.165) is 12.1 Å². The fourth-order valence-corrected chi connectivity index (χ4v) is 1.90. The van der Waals surface area contributed by atoms with Gasteiger partial charge in [-0.05, 0) is 25.5 Å². The Balaban J connectivity index is 2.29. The lowest BCUT2D eigenvalue weighted by Gasteiger charge is -2.12. The van der Waals surface area contributed by atoms with Crippen LogP contribution in [0.4, 0.5) is 0 Å². The number of rotatable bonds is 9. The Morgan fingerprint density at radius 2 is 2.20 bits per heavy atom. The Hall–Kier alpha value is -1.46. The SMILES string of the molecule is CCCCCCC(C)OCc1ccc(C(=O)NN)cn1. The number of hydrogen-bond donors (Lipinski definition) is 2. The second-order valence-corrected chi connectivity index (χ2v) is 4.98. The van der Waals surface area contributed by atoms with Gasteiger partial charge in [-0.3, -0.25) is 15.2 Å². The Labute approximate surface area is 120 Å². The van der Waals surface area contributed by atoms with Gasteiger partial charge in [-0.1, -0.05) is 32.6 Å². The summed E-state index contributed by atoms with van der Waals surface area (Å²) in [7, 11) is 0. The Morgan fingerprint density at radius 3 is 2.80 bits per heavy atom. The van der Waals surface area contributed by atoms with Crippen LogP contribution < -0.4 is 11.3 Å². The van der Waals surface area contributed by atoms with E-state index >= 15 is 0 Å². The molecule has 5 heteroatoms. The predicted molar refractivity (Wildman–Crippen MR) is 78.9 cm³/mol. The summed E-state index contributed by atoms with van der Waals surface area (Å²) in [6.45, 7) is 4.77. The number of nitrogen functional groups attached to an aromatic ring is 1. The number of aromatic nitrogens is 1. The average Bonchev–Trinajstić information content (AvgIpc) is 2.49. The Bertz CT molecular complexity index is 393. The van der Waals surface area contributed by atoms with Gasteiger partial charge in [-0.15, -0.1) is 0 Å². The summed E-state index contributed by atoms with van der Waals surface area (Å²) < 4.78 is 5.75. The normalized spacial score (nSPS) is 12.2. The third-order valence-electron chi connectivity index (χ3n) is 3.20. The molecule has 1 atom stereocenters. The average molecular weight is 279 g/mol. The van der Waals surface area contributed by atoms with E-state index in [1.165, 1.54) is 31.9 Å². The molecular weight excluding hydrogens is 254 g/mol. The first kappa shape index (κ1) is 16.6. The number of nitrogens with two attached hydrogens (primary N) is 1. The molecule has 3 N–H and O–H groups in total. The molecule has 0 aliphatic carbocycles. The maximum atomic E-state index is 11.3. The summed E-state index contributed by atoms with van der Waals surface area (Å²) in [6.07, 6.45) is 7.84. The van der Waals surface area contributed by atoms with Crippen molar-refractivity contribution >= 4 is 5.91 Å². The summed E-state index contributed by atoms with van der Waals surface area (Å²) in [5.41, 5.74) is 3.34. The molecule has 0 spiro atoms. The molecule has 1 heterocycles. The zero-order chi connectivity index (χ0) is 14.8. The number of nitrogens with zero attached hydrogens (tertiary/aromatic N) is 1. The van der Waals surface area contributed by atoms with Gasteiger partial charge < -0.3 is 4.74 Å². The van der Waals surface area contributed by atoms with Crippen molar-refractivity contribution in [2.75, 3.05) is 0 Å². The van der Waals surface area contributed by atoms with Crippen molar-refractivity contribution in [2.45, 2.75) is 58.7 Å². The van der Waals surface area contributed by atoms with Gasteiger partial charge in [0.25, 0.3) is 5.91 Å².